The molecular formula is C15H24N2O. The first-order valence-corrected chi connectivity index (χ1v) is 6.59. The Kier molecular flexibility index (Phi) is 5.20. The smallest absolute Gasteiger partial charge is 0.254 e. The van der Waals surface area contributed by atoms with Crippen LogP contribution in [0.1, 0.15) is 43.1 Å². The van der Waals surface area contributed by atoms with Gasteiger partial charge in [-0.2, -0.15) is 0 Å². The van der Waals surface area contributed by atoms with Crippen LogP contribution in [-0.4, -0.2) is 30.4 Å². The predicted octanol–water partition coefficient (Wildman–Crippen LogP) is 3.30. The number of nitrogens with one attached hydrogen (secondary N) is 1. The Morgan fingerprint density at radius 3 is 2.56 bits per heavy atom. The zero-order valence-electron chi connectivity index (χ0n) is 12.1. The molecule has 3 heteroatoms. The Bertz CT molecular complexity index is 413. The van der Waals surface area contributed by atoms with E-state index < -0.39 is 0 Å². The molecule has 0 saturated heterocycles. The summed E-state index contributed by atoms with van der Waals surface area (Å²) in [6, 6.07) is 6.14. The van der Waals surface area contributed by atoms with E-state index in [0.717, 1.165) is 29.8 Å². The topological polar surface area (TPSA) is 32.3 Å². The number of aryl methyl sites for hydroxylation is 1. The minimum Gasteiger partial charge on any atom is -0.385 e. The zero-order chi connectivity index (χ0) is 13.7. The molecule has 0 heterocycles. The van der Waals surface area contributed by atoms with Gasteiger partial charge in [0.1, 0.15) is 0 Å². The van der Waals surface area contributed by atoms with Gasteiger partial charge in [-0.25, -0.2) is 0 Å². The Morgan fingerprint density at radius 1 is 1.39 bits per heavy atom. The van der Waals surface area contributed by atoms with Crippen LogP contribution in [0.4, 0.5) is 5.69 Å². The minimum absolute atomic E-state index is 0.0875. The summed E-state index contributed by atoms with van der Waals surface area (Å²) < 4.78 is 0. The van der Waals surface area contributed by atoms with E-state index in [2.05, 4.69) is 12.2 Å². The largest absolute Gasteiger partial charge is 0.385 e. The molecule has 1 rings (SSSR count). The normalized spacial score (nSPS) is 10.6. The van der Waals surface area contributed by atoms with Gasteiger partial charge in [0.2, 0.25) is 0 Å². The Balaban J connectivity index is 2.88. The van der Waals surface area contributed by atoms with E-state index >= 15 is 0 Å². The number of hydrogen-bond acceptors (Lipinski definition) is 2. The maximum atomic E-state index is 12.2. The zero-order valence-corrected chi connectivity index (χ0v) is 12.1. The lowest BCUT2D eigenvalue weighted by molar-refractivity contribution is 0.0754. The number of carbonyl (C=O) groups is 1. The van der Waals surface area contributed by atoms with Crippen molar-refractivity contribution >= 4 is 11.6 Å². The van der Waals surface area contributed by atoms with Crippen LogP contribution in [-0.2, 0) is 0 Å². The lowest BCUT2D eigenvalue weighted by Crippen LogP contribution is -2.33. The van der Waals surface area contributed by atoms with E-state index in [0.29, 0.717) is 0 Å². The van der Waals surface area contributed by atoms with Crippen LogP contribution < -0.4 is 5.32 Å². The van der Waals surface area contributed by atoms with Crippen molar-refractivity contribution in [2.24, 2.45) is 0 Å². The van der Waals surface area contributed by atoms with Gasteiger partial charge >= 0.3 is 0 Å². The van der Waals surface area contributed by atoms with Crippen molar-refractivity contribution in [3.05, 3.63) is 29.3 Å². The number of nitrogens with zero attached hydrogens (tertiary/aromatic N) is 1. The van der Waals surface area contributed by atoms with Crippen LogP contribution in [0.15, 0.2) is 18.2 Å². The third-order valence-electron chi connectivity index (χ3n) is 3.13. The molecule has 0 unspecified atom stereocenters. The highest BCUT2D eigenvalue weighted by molar-refractivity contribution is 5.96. The average molecular weight is 248 g/mol. The highest BCUT2D eigenvalue weighted by Gasteiger charge is 2.16. The highest BCUT2D eigenvalue weighted by atomic mass is 16.2. The van der Waals surface area contributed by atoms with Crippen molar-refractivity contribution in [2.75, 3.05) is 18.9 Å². The molecule has 0 radical (unpaired) electrons. The van der Waals surface area contributed by atoms with Gasteiger partial charge in [-0.15, -0.1) is 0 Å². The molecule has 0 aliphatic heterocycles. The fraction of sp³-hybridized carbons (Fsp3) is 0.533. The van der Waals surface area contributed by atoms with Crippen molar-refractivity contribution < 1.29 is 4.79 Å². The minimum atomic E-state index is 0.0875. The molecule has 1 N–H and O–H groups in total. The van der Waals surface area contributed by atoms with Gasteiger partial charge in [0.05, 0.1) is 0 Å². The molecular weight excluding hydrogens is 224 g/mol. The van der Waals surface area contributed by atoms with Crippen LogP contribution in [0.3, 0.4) is 0 Å². The maximum absolute atomic E-state index is 12.2. The molecule has 0 aliphatic rings. The molecule has 3 nitrogen and oxygen atoms in total. The maximum Gasteiger partial charge on any atom is 0.254 e. The third kappa shape index (κ3) is 3.49. The standard InChI is InChI=1S/C15H24N2O/c1-6-9-16-13-7-8-14(12(4)10-13)15(18)17(5)11(2)3/h7-8,10-11,16H,6,9H2,1-5H3. The number of hydrogen-bond donors (Lipinski definition) is 1. The fourth-order valence-corrected chi connectivity index (χ4v) is 1.71. The van der Waals surface area contributed by atoms with E-state index in [-0.39, 0.29) is 11.9 Å². The van der Waals surface area contributed by atoms with E-state index in [1.807, 2.05) is 46.0 Å². The number of carbonyl (C=O) groups excluding carboxylic acids is 1. The van der Waals surface area contributed by atoms with Crippen LogP contribution in [0, 0.1) is 6.92 Å². The van der Waals surface area contributed by atoms with Crippen LogP contribution >= 0.6 is 0 Å². The van der Waals surface area contributed by atoms with E-state index in [9.17, 15) is 4.79 Å². The molecule has 0 bridgehead atoms. The highest BCUT2D eigenvalue weighted by Crippen LogP contribution is 2.17. The summed E-state index contributed by atoms with van der Waals surface area (Å²) in [5.74, 6) is 0.0875. The molecule has 0 aliphatic carbocycles. The van der Waals surface area contributed by atoms with Crippen LogP contribution in [0.25, 0.3) is 0 Å². The summed E-state index contributed by atoms with van der Waals surface area (Å²) in [6.07, 6.45) is 1.09. The summed E-state index contributed by atoms with van der Waals surface area (Å²) in [5.41, 5.74) is 2.89. The number of benzene rings is 1. The van der Waals surface area contributed by atoms with Crippen molar-refractivity contribution in [1.29, 1.82) is 0 Å². The van der Waals surface area contributed by atoms with E-state index in [1.54, 1.807) is 4.90 Å². The summed E-state index contributed by atoms with van der Waals surface area (Å²) in [5, 5.41) is 3.33. The molecule has 0 spiro atoms. The van der Waals surface area contributed by atoms with Gasteiger partial charge in [0.25, 0.3) is 5.91 Å². The summed E-state index contributed by atoms with van der Waals surface area (Å²) >= 11 is 0. The number of amides is 1. The van der Waals surface area contributed by atoms with Crippen LogP contribution in [0.2, 0.25) is 0 Å². The Hall–Kier alpha value is -1.51. The second-order valence-corrected chi connectivity index (χ2v) is 4.97. The van der Waals surface area contributed by atoms with E-state index in [4.69, 9.17) is 0 Å². The quantitative estimate of drug-likeness (QED) is 0.867. The van der Waals surface area contributed by atoms with Crippen molar-refractivity contribution in [2.45, 2.75) is 40.2 Å². The second-order valence-electron chi connectivity index (χ2n) is 4.97. The molecule has 1 amide bonds. The molecule has 0 saturated carbocycles. The second kappa shape index (κ2) is 6.43. The molecule has 0 aromatic heterocycles. The molecule has 1 aromatic carbocycles. The van der Waals surface area contributed by atoms with E-state index in [1.165, 1.54) is 0 Å². The number of rotatable bonds is 5. The van der Waals surface area contributed by atoms with Gasteiger partial charge in [-0.3, -0.25) is 4.79 Å². The van der Waals surface area contributed by atoms with Gasteiger partial charge < -0.3 is 10.2 Å². The first-order valence-electron chi connectivity index (χ1n) is 6.59. The Morgan fingerprint density at radius 2 is 2.06 bits per heavy atom. The van der Waals surface area contributed by atoms with Gasteiger partial charge in [-0.05, 0) is 51.0 Å². The molecule has 0 atom stereocenters. The van der Waals surface area contributed by atoms with Gasteiger partial charge in [0, 0.05) is 30.9 Å². The summed E-state index contributed by atoms with van der Waals surface area (Å²) in [6.45, 7) is 9.11. The Labute approximate surface area is 110 Å². The molecule has 18 heavy (non-hydrogen) atoms. The monoisotopic (exact) mass is 248 g/mol. The lowest BCUT2D eigenvalue weighted by atomic mass is 10.1. The van der Waals surface area contributed by atoms with Crippen molar-refractivity contribution in [3.8, 4) is 0 Å². The van der Waals surface area contributed by atoms with Crippen LogP contribution in [0.5, 0.6) is 0 Å². The fourth-order valence-electron chi connectivity index (χ4n) is 1.71. The summed E-state index contributed by atoms with van der Waals surface area (Å²) in [4.78, 5) is 14.0. The molecule has 1 aromatic rings. The predicted molar refractivity (Wildman–Crippen MR) is 77.2 cm³/mol. The summed E-state index contributed by atoms with van der Waals surface area (Å²) in [7, 11) is 1.84. The van der Waals surface area contributed by atoms with Crippen molar-refractivity contribution in [1.82, 2.24) is 4.90 Å². The van der Waals surface area contributed by atoms with Gasteiger partial charge in [-0.1, -0.05) is 6.92 Å². The SMILES string of the molecule is CCCNc1ccc(C(=O)N(C)C(C)C)c(C)c1. The molecule has 100 valence electrons. The molecule has 0 fully saturated rings. The lowest BCUT2D eigenvalue weighted by Gasteiger charge is -2.22. The first-order chi connectivity index (χ1) is 8.47. The first kappa shape index (κ1) is 14.6. The van der Waals surface area contributed by atoms with Crippen molar-refractivity contribution in [3.63, 3.8) is 0 Å². The number of anilines is 1. The average Bonchev–Trinajstić information content (AvgIpc) is 2.34. The van der Waals surface area contributed by atoms with Gasteiger partial charge in [0.15, 0.2) is 0 Å². The third-order valence-corrected chi connectivity index (χ3v) is 3.13.